The van der Waals surface area contributed by atoms with Crippen molar-refractivity contribution in [1.29, 1.82) is 0 Å². The van der Waals surface area contributed by atoms with Gasteiger partial charge in [0.2, 0.25) is 15.9 Å². The van der Waals surface area contributed by atoms with Crippen LogP contribution in [0.5, 0.6) is 0 Å². The van der Waals surface area contributed by atoms with E-state index < -0.39 is 10.0 Å². The van der Waals surface area contributed by atoms with Crippen molar-refractivity contribution in [2.45, 2.75) is 31.7 Å². The number of nitrogens with one attached hydrogen (secondary N) is 1. The van der Waals surface area contributed by atoms with E-state index in [0.717, 1.165) is 4.31 Å². The highest BCUT2D eigenvalue weighted by molar-refractivity contribution is 7.89. The number of benzene rings is 1. The Hall–Kier alpha value is -1.60. The average Bonchev–Trinajstić information content (AvgIpc) is 2.30. The SMILES string of the molecule is Cc1ccc(N)cc1S(=O)(=O)N(C)CC(=O)NC(C)C. The molecule has 1 aromatic rings. The van der Waals surface area contributed by atoms with Gasteiger partial charge < -0.3 is 11.1 Å². The molecule has 0 aliphatic carbocycles. The molecule has 1 rings (SSSR count). The van der Waals surface area contributed by atoms with Crippen molar-refractivity contribution in [2.24, 2.45) is 0 Å². The van der Waals surface area contributed by atoms with Gasteiger partial charge in [-0.2, -0.15) is 4.31 Å². The van der Waals surface area contributed by atoms with Gasteiger partial charge >= 0.3 is 0 Å². The molecule has 112 valence electrons. The summed E-state index contributed by atoms with van der Waals surface area (Å²) >= 11 is 0. The lowest BCUT2D eigenvalue weighted by Gasteiger charge is -2.19. The van der Waals surface area contributed by atoms with Gasteiger partial charge in [0.1, 0.15) is 0 Å². The van der Waals surface area contributed by atoms with Crippen molar-refractivity contribution in [3.63, 3.8) is 0 Å². The third-order valence-electron chi connectivity index (χ3n) is 2.72. The van der Waals surface area contributed by atoms with Crippen molar-refractivity contribution in [2.75, 3.05) is 19.3 Å². The Bertz CT molecular complexity index is 597. The summed E-state index contributed by atoms with van der Waals surface area (Å²) in [6.45, 7) is 5.09. The number of sulfonamides is 1. The Morgan fingerprint density at radius 2 is 2.00 bits per heavy atom. The first-order chi connectivity index (χ1) is 9.14. The molecule has 6 nitrogen and oxygen atoms in total. The molecule has 0 aliphatic heterocycles. The Morgan fingerprint density at radius 1 is 1.40 bits per heavy atom. The Kier molecular flexibility index (Phi) is 5.13. The molecule has 0 fully saturated rings. The number of carbonyl (C=O) groups is 1. The molecule has 0 saturated heterocycles. The first kappa shape index (κ1) is 16.5. The number of nitrogen functional groups attached to an aromatic ring is 1. The molecule has 1 amide bonds. The minimum absolute atomic E-state index is 0.0345. The first-order valence-corrected chi connectivity index (χ1v) is 7.70. The summed E-state index contributed by atoms with van der Waals surface area (Å²) in [5.41, 5.74) is 6.59. The highest BCUT2D eigenvalue weighted by atomic mass is 32.2. The Labute approximate surface area is 120 Å². The molecule has 0 unspecified atom stereocenters. The van der Waals surface area contributed by atoms with E-state index in [1.807, 2.05) is 13.8 Å². The Morgan fingerprint density at radius 3 is 2.55 bits per heavy atom. The molecule has 0 radical (unpaired) electrons. The van der Waals surface area contributed by atoms with Crippen LogP contribution in [0.25, 0.3) is 0 Å². The number of rotatable bonds is 5. The number of anilines is 1. The number of likely N-dealkylation sites (N-methyl/N-ethyl adjacent to an activating group) is 1. The summed E-state index contributed by atoms with van der Waals surface area (Å²) in [4.78, 5) is 11.8. The lowest BCUT2D eigenvalue weighted by atomic mass is 10.2. The molecular formula is C13H21N3O3S. The smallest absolute Gasteiger partial charge is 0.243 e. The predicted octanol–water partition coefficient (Wildman–Crippen LogP) is 0.722. The van der Waals surface area contributed by atoms with Crippen molar-refractivity contribution >= 4 is 21.6 Å². The minimum atomic E-state index is -3.73. The summed E-state index contributed by atoms with van der Waals surface area (Å²) < 4.78 is 25.9. The molecule has 0 bridgehead atoms. The Balaban J connectivity index is 2.98. The molecule has 0 aromatic heterocycles. The van der Waals surface area contributed by atoms with E-state index in [0.29, 0.717) is 11.3 Å². The normalized spacial score (nSPS) is 11.9. The maximum absolute atomic E-state index is 12.4. The maximum atomic E-state index is 12.4. The highest BCUT2D eigenvalue weighted by Gasteiger charge is 2.24. The van der Waals surface area contributed by atoms with Gasteiger partial charge in [-0.25, -0.2) is 8.42 Å². The topological polar surface area (TPSA) is 92.5 Å². The lowest BCUT2D eigenvalue weighted by molar-refractivity contribution is -0.121. The molecule has 0 saturated carbocycles. The van der Waals surface area contributed by atoms with Gasteiger partial charge in [0.15, 0.2) is 0 Å². The third-order valence-corrected chi connectivity index (χ3v) is 4.66. The van der Waals surface area contributed by atoms with Crippen LogP contribution >= 0.6 is 0 Å². The number of amides is 1. The fraction of sp³-hybridized carbons (Fsp3) is 0.462. The fourth-order valence-electron chi connectivity index (χ4n) is 1.72. The molecular weight excluding hydrogens is 278 g/mol. The van der Waals surface area contributed by atoms with E-state index in [-0.39, 0.29) is 23.4 Å². The van der Waals surface area contributed by atoms with Gasteiger partial charge in [-0.15, -0.1) is 0 Å². The maximum Gasteiger partial charge on any atom is 0.243 e. The molecule has 1 aromatic carbocycles. The molecule has 0 aliphatic rings. The quantitative estimate of drug-likeness (QED) is 0.784. The van der Waals surface area contributed by atoms with E-state index in [2.05, 4.69) is 5.32 Å². The van der Waals surface area contributed by atoms with Crippen molar-refractivity contribution in [3.8, 4) is 0 Å². The molecule has 20 heavy (non-hydrogen) atoms. The van der Waals surface area contributed by atoms with Crippen LogP contribution in [0.1, 0.15) is 19.4 Å². The number of hydrogen-bond acceptors (Lipinski definition) is 4. The van der Waals surface area contributed by atoms with Crippen LogP contribution in [-0.4, -0.2) is 38.3 Å². The zero-order chi connectivity index (χ0) is 15.5. The van der Waals surface area contributed by atoms with Crippen molar-refractivity contribution in [3.05, 3.63) is 23.8 Å². The van der Waals surface area contributed by atoms with Crippen LogP contribution < -0.4 is 11.1 Å². The number of hydrogen-bond donors (Lipinski definition) is 2. The molecule has 3 N–H and O–H groups in total. The standard InChI is InChI=1S/C13H21N3O3S/c1-9(2)15-13(17)8-16(4)20(18,19)12-7-11(14)6-5-10(12)3/h5-7,9H,8,14H2,1-4H3,(H,15,17). The van der Waals surface area contributed by atoms with E-state index in [1.165, 1.54) is 13.1 Å². The zero-order valence-corrected chi connectivity index (χ0v) is 13.0. The summed E-state index contributed by atoms with van der Waals surface area (Å²) in [6.07, 6.45) is 0. The number of nitrogens with two attached hydrogens (primary N) is 1. The number of aryl methyl sites for hydroxylation is 1. The van der Waals surface area contributed by atoms with Crippen LogP contribution in [0.15, 0.2) is 23.1 Å². The monoisotopic (exact) mass is 299 g/mol. The first-order valence-electron chi connectivity index (χ1n) is 6.26. The largest absolute Gasteiger partial charge is 0.399 e. The second-order valence-electron chi connectivity index (χ2n) is 5.01. The summed E-state index contributed by atoms with van der Waals surface area (Å²) in [5, 5.41) is 2.65. The van der Waals surface area contributed by atoms with Gasteiger partial charge in [-0.05, 0) is 38.5 Å². The van der Waals surface area contributed by atoms with E-state index in [9.17, 15) is 13.2 Å². The van der Waals surface area contributed by atoms with Crippen LogP contribution in [0.4, 0.5) is 5.69 Å². The van der Waals surface area contributed by atoms with Crippen LogP contribution in [0.2, 0.25) is 0 Å². The molecule has 0 spiro atoms. The van der Waals surface area contributed by atoms with E-state index >= 15 is 0 Å². The van der Waals surface area contributed by atoms with Crippen molar-refractivity contribution < 1.29 is 13.2 Å². The van der Waals surface area contributed by atoms with Crippen LogP contribution in [0.3, 0.4) is 0 Å². The van der Waals surface area contributed by atoms with Crippen LogP contribution in [-0.2, 0) is 14.8 Å². The summed E-state index contributed by atoms with van der Waals surface area (Å²) in [5.74, 6) is -0.340. The molecule has 7 heteroatoms. The molecule has 0 atom stereocenters. The summed E-state index contributed by atoms with van der Waals surface area (Å²) in [7, 11) is -2.36. The lowest BCUT2D eigenvalue weighted by Crippen LogP contribution is -2.40. The average molecular weight is 299 g/mol. The number of carbonyl (C=O) groups excluding carboxylic acids is 1. The van der Waals surface area contributed by atoms with Gasteiger partial charge in [0, 0.05) is 18.8 Å². The van der Waals surface area contributed by atoms with E-state index in [1.54, 1.807) is 19.1 Å². The van der Waals surface area contributed by atoms with Gasteiger partial charge in [-0.1, -0.05) is 6.07 Å². The fourth-order valence-corrected chi connectivity index (χ4v) is 3.10. The van der Waals surface area contributed by atoms with Crippen LogP contribution in [0, 0.1) is 6.92 Å². The van der Waals surface area contributed by atoms with Gasteiger partial charge in [0.05, 0.1) is 11.4 Å². The minimum Gasteiger partial charge on any atom is -0.399 e. The highest BCUT2D eigenvalue weighted by Crippen LogP contribution is 2.21. The van der Waals surface area contributed by atoms with Crippen molar-refractivity contribution in [1.82, 2.24) is 9.62 Å². The van der Waals surface area contributed by atoms with E-state index in [4.69, 9.17) is 5.73 Å². The third kappa shape index (κ3) is 3.94. The zero-order valence-electron chi connectivity index (χ0n) is 12.2. The van der Waals surface area contributed by atoms with Gasteiger partial charge in [0.25, 0.3) is 0 Å². The van der Waals surface area contributed by atoms with Gasteiger partial charge in [-0.3, -0.25) is 4.79 Å². The second kappa shape index (κ2) is 6.23. The second-order valence-corrected chi connectivity index (χ2v) is 7.02. The molecule has 0 heterocycles. The summed E-state index contributed by atoms with van der Waals surface area (Å²) in [6, 6.07) is 4.65. The predicted molar refractivity (Wildman–Crippen MR) is 78.7 cm³/mol. The number of nitrogens with zero attached hydrogens (tertiary/aromatic N) is 1.